The molecule has 3 N–H and O–H groups in total. The van der Waals surface area contributed by atoms with Gasteiger partial charge in [0, 0.05) is 10.0 Å². The maximum atomic E-state index is 5.81. The topological polar surface area (TPSA) is 50.9 Å². The first-order valence-electron chi connectivity index (χ1n) is 6.27. The Labute approximate surface area is 140 Å². The molecule has 0 spiro atoms. The molecular weight excluding hydrogens is 366 g/mol. The first-order chi connectivity index (χ1) is 10.0. The number of nitrogens with one attached hydrogen (secondary N) is 1. The van der Waals surface area contributed by atoms with E-state index in [1.807, 2.05) is 24.3 Å². The molecule has 0 aliphatic heterocycles. The van der Waals surface area contributed by atoms with E-state index < -0.39 is 0 Å². The largest absolute Gasteiger partial charge is 0.389 e. The monoisotopic (exact) mass is 377 g/mol. The fraction of sp³-hybridized carbons (Fsp3) is 0.0667. The number of rotatable bonds is 3. The van der Waals surface area contributed by atoms with Crippen molar-refractivity contribution in [2.45, 2.75) is 6.92 Å². The van der Waals surface area contributed by atoms with Gasteiger partial charge in [-0.2, -0.15) is 0 Å². The normalized spacial score (nSPS) is 10.8. The fourth-order valence-corrected chi connectivity index (χ4v) is 3.99. The standard InChI is InChI=1S/C15H12BrN3S2/c1-8-5-6-10-12(7-8)21-15(18-10)19-11-4-2-3-9(16)13(11)14(17)20/h2-7H,1H3,(H2,17,20)(H,18,19). The number of nitrogens with zero attached hydrogens (tertiary/aromatic N) is 1. The SMILES string of the molecule is Cc1ccc2nc(Nc3cccc(Br)c3C(N)=S)sc2c1. The summed E-state index contributed by atoms with van der Waals surface area (Å²) >= 11 is 10.2. The van der Waals surface area contributed by atoms with Crippen molar-refractivity contribution in [3.05, 3.63) is 52.0 Å². The summed E-state index contributed by atoms with van der Waals surface area (Å²) in [6, 6.07) is 12.0. The van der Waals surface area contributed by atoms with Crippen LogP contribution in [0, 0.1) is 6.92 Å². The van der Waals surface area contributed by atoms with Gasteiger partial charge in [-0.05, 0) is 52.7 Å². The van der Waals surface area contributed by atoms with Gasteiger partial charge in [0.05, 0.1) is 15.9 Å². The molecule has 0 unspecified atom stereocenters. The minimum Gasteiger partial charge on any atom is -0.389 e. The van der Waals surface area contributed by atoms with Gasteiger partial charge in [-0.3, -0.25) is 0 Å². The Balaban J connectivity index is 2.02. The van der Waals surface area contributed by atoms with Crippen molar-refractivity contribution in [3.8, 4) is 0 Å². The van der Waals surface area contributed by atoms with E-state index >= 15 is 0 Å². The van der Waals surface area contributed by atoms with Crippen molar-refractivity contribution >= 4 is 65.5 Å². The van der Waals surface area contributed by atoms with Crippen LogP contribution in [-0.4, -0.2) is 9.97 Å². The van der Waals surface area contributed by atoms with Gasteiger partial charge in [0.1, 0.15) is 4.99 Å². The van der Waals surface area contributed by atoms with Crippen molar-refractivity contribution in [1.82, 2.24) is 4.98 Å². The first-order valence-corrected chi connectivity index (χ1v) is 8.29. The van der Waals surface area contributed by atoms with Gasteiger partial charge < -0.3 is 11.1 Å². The smallest absolute Gasteiger partial charge is 0.188 e. The van der Waals surface area contributed by atoms with Crippen LogP contribution in [0.3, 0.4) is 0 Å². The third kappa shape index (κ3) is 2.92. The Bertz CT molecular complexity index is 842. The van der Waals surface area contributed by atoms with Gasteiger partial charge in [0.2, 0.25) is 0 Å². The number of benzene rings is 2. The lowest BCUT2D eigenvalue weighted by Gasteiger charge is -2.10. The van der Waals surface area contributed by atoms with Gasteiger partial charge in [0.15, 0.2) is 5.13 Å². The summed E-state index contributed by atoms with van der Waals surface area (Å²) in [6.45, 7) is 2.07. The van der Waals surface area contributed by atoms with Crippen LogP contribution < -0.4 is 11.1 Å². The zero-order valence-electron chi connectivity index (χ0n) is 11.2. The van der Waals surface area contributed by atoms with Crippen LogP contribution in [0.2, 0.25) is 0 Å². The van der Waals surface area contributed by atoms with E-state index in [4.69, 9.17) is 18.0 Å². The second-order valence-electron chi connectivity index (χ2n) is 4.64. The molecule has 0 saturated heterocycles. The van der Waals surface area contributed by atoms with Gasteiger partial charge in [0.25, 0.3) is 0 Å². The lowest BCUT2D eigenvalue weighted by atomic mass is 10.2. The highest BCUT2D eigenvalue weighted by atomic mass is 79.9. The van der Waals surface area contributed by atoms with Gasteiger partial charge in [-0.15, -0.1) is 0 Å². The molecule has 21 heavy (non-hydrogen) atoms. The quantitative estimate of drug-likeness (QED) is 0.646. The number of fused-ring (bicyclic) bond motifs is 1. The van der Waals surface area contributed by atoms with Crippen molar-refractivity contribution in [2.24, 2.45) is 5.73 Å². The number of aromatic nitrogens is 1. The molecule has 0 saturated carbocycles. The van der Waals surface area contributed by atoms with Gasteiger partial charge >= 0.3 is 0 Å². The molecule has 106 valence electrons. The van der Waals surface area contributed by atoms with Gasteiger partial charge in [-0.25, -0.2) is 4.98 Å². The van der Waals surface area contributed by atoms with Crippen LogP contribution in [0.4, 0.5) is 10.8 Å². The number of thiocarbonyl (C=S) groups is 1. The highest BCUT2D eigenvalue weighted by Gasteiger charge is 2.11. The number of hydrogen-bond acceptors (Lipinski definition) is 4. The summed E-state index contributed by atoms with van der Waals surface area (Å²) in [4.78, 5) is 4.94. The molecule has 2 aromatic carbocycles. The number of hydrogen-bond donors (Lipinski definition) is 2. The maximum Gasteiger partial charge on any atom is 0.188 e. The van der Waals surface area contributed by atoms with Gasteiger partial charge in [-0.1, -0.05) is 35.7 Å². The highest BCUT2D eigenvalue weighted by Crippen LogP contribution is 2.32. The van der Waals surface area contributed by atoms with Crippen LogP contribution >= 0.6 is 39.5 Å². The molecule has 0 fully saturated rings. The Hall–Kier alpha value is -1.50. The average molecular weight is 378 g/mol. The number of thiazole rings is 1. The van der Waals surface area contributed by atoms with Crippen LogP contribution in [0.15, 0.2) is 40.9 Å². The molecule has 0 aliphatic rings. The zero-order valence-corrected chi connectivity index (χ0v) is 14.4. The van der Waals surface area contributed by atoms with E-state index in [1.54, 1.807) is 11.3 Å². The molecule has 6 heteroatoms. The van der Waals surface area contributed by atoms with E-state index in [9.17, 15) is 0 Å². The van der Waals surface area contributed by atoms with Crippen molar-refractivity contribution in [1.29, 1.82) is 0 Å². The minimum atomic E-state index is 0.349. The third-order valence-corrected chi connectivity index (χ3v) is 4.84. The second-order valence-corrected chi connectivity index (χ2v) is 6.97. The molecular formula is C15H12BrN3S2. The molecule has 3 nitrogen and oxygen atoms in total. The van der Waals surface area contributed by atoms with Crippen molar-refractivity contribution < 1.29 is 0 Å². The highest BCUT2D eigenvalue weighted by molar-refractivity contribution is 9.10. The molecule has 1 heterocycles. The first kappa shape index (κ1) is 14.4. The number of anilines is 2. The third-order valence-electron chi connectivity index (χ3n) is 3.05. The molecule has 0 radical (unpaired) electrons. The Morgan fingerprint density at radius 2 is 2.14 bits per heavy atom. The predicted molar refractivity (Wildman–Crippen MR) is 97.7 cm³/mol. The van der Waals surface area contributed by atoms with Crippen molar-refractivity contribution in [3.63, 3.8) is 0 Å². The van der Waals surface area contributed by atoms with Crippen molar-refractivity contribution in [2.75, 3.05) is 5.32 Å². The minimum absolute atomic E-state index is 0.349. The Morgan fingerprint density at radius 1 is 1.33 bits per heavy atom. The fourth-order valence-electron chi connectivity index (χ4n) is 2.08. The van der Waals surface area contributed by atoms with E-state index in [2.05, 4.69) is 45.3 Å². The number of aryl methyl sites for hydroxylation is 1. The summed E-state index contributed by atoms with van der Waals surface area (Å²) in [5.74, 6) is 0. The van der Waals surface area contributed by atoms with E-state index in [0.717, 1.165) is 31.1 Å². The van der Waals surface area contributed by atoms with Crippen LogP contribution in [0.25, 0.3) is 10.2 Å². The summed E-state index contributed by atoms with van der Waals surface area (Å²) in [5, 5.41) is 4.14. The van der Waals surface area contributed by atoms with Crippen LogP contribution in [-0.2, 0) is 0 Å². The molecule has 0 amide bonds. The van der Waals surface area contributed by atoms with Crippen LogP contribution in [0.5, 0.6) is 0 Å². The lowest BCUT2D eigenvalue weighted by Crippen LogP contribution is -2.12. The maximum absolute atomic E-state index is 5.81. The molecule has 0 aliphatic carbocycles. The Morgan fingerprint density at radius 3 is 2.90 bits per heavy atom. The lowest BCUT2D eigenvalue weighted by molar-refractivity contribution is 1.42. The average Bonchev–Trinajstić information content (AvgIpc) is 2.79. The second kappa shape index (κ2) is 5.71. The van der Waals surface area contributed by atoms with E-state index in [1.165, 1.54) is 5.56 Å². The molecule has 3 aromatic rings. The zero-order chi connectivity index (χ0) is 15.0. The van der Waals surface area contributed by atoms with E-state index in [0.29, 0.717) is 4.99 Å². The molecule has 3 rings (SSSR count). The Kier molecular flexibility index (Phi) is 3.93. The molecule has 0 atom stereocenters. The summed E-state index contributed by atoms with van der Waals surface area (Å²) < 4.78 is 2.03. The summed E-state index contributed by atoms with van der Waals surface area (Å²) in [6.07, 6.45) is 0. The predicted octanol–water partition coefficient (Wildman–Crippen LogP) is 4.75. The van der Waals surface area contributed by atoms with E-state index in [-0.39, 0.29) is 0 Å². The summed E-state index contributed by atoms with van der Waals surface area (Å²) in [7, 11) is 0. The number of nitrogens with two attached hydrogens (primary N) is 1. The molecule has 1 aromatic heterocycles. The van der Waals surface area contributed by atoms with Crippen LogP contribution in [0.1, 0.15) is 11.1 Å². The molecule has 0 bridgehead atoms. The summed E-state index contributed by atoms with van der Waals surface area (Å²) in [5.41, 5.74) is 9.67. The number of halogens is 1.